The van der Waals surface area contributed by atoms with Gasteiger partial charge in [-0.25, -0.2) is 0 Å². The molecule has 2 nitrogen and oxygen atoms in total. The number of pyridine rings is 1. The molecule has 5 heteroatoms. The number of aromatic nitrogens is 1. The maximum absolute atomic E-state index is 12.8. The van der Waals surface area contributed by atoms with Crippen molar-refractivity contribution in [2.75, 3.05) is 0 Å². The van der Waals surface area contributed by atoms with Gasteiger partial charge in [0.1, 0.15) is 0 Å². The lowest BCUT2D eigenvalue weighted by Crippen LogP contribution is -2.36. The standard InChI is InChI=1S/C16H16F3NO/c17-16(18,19)12-5-7-15(21,8-6-12)14-10-20-9-11-3-1-2-4-13(11)14/h1-4,9-10,12,21H,5-8H2. The van der Waals surface area contributed by atoms with Crippen LogP contribution in [-0.2, 0) is 5.60 Å². The molecule has 1 aromatic heterocycles. The van der Waals surface area contributed by atoms with Crippen molar-refractivity contribution in [3.63, 3.8) is 0 Å². The second-order valence-electron chi connectivity index (χ2n) is 5.76. The molecule has 1 aliphatic rings. The van der Waals surface area contributed by atoms with Crippen LogP contribution in [0.4, 0.5) is 13.2 Å². The van der Waals surface area contributed by atoms with Crippen LogP contribution in [0.2, 0.25) is 0 Å². The maximum atomic E-state index is 12.8. The Bertz CT molecular complexity index is 640. The highest BCUT2D eigenvalue weighted by atomic mass is 19.4. The van der Waals surface area contributed by atoms with Gasteiger partial charge in [0.2, 0.25) is 0 Å². The van der Waals surface area contributed by atoms with Crippen LogP contribution in [0, 0.1) is 5.92 Å². The Morgan fingerprint density at radius 1 is 1.10 bits per heavy atom. The van der Waals surface area contributed by atoms with Gasteiger partial charge in [-0.1, -0.05) is 24.3 Å². The van der Waals surface area contributed by atoms with Crippen LogP contribution in [0.1, 0.15) is 31.2 Å². The van der Waals surface area contributed by atoms with E-state index in [-0.39, 0.29) is 25.7 Å². The van der Waals surface area contributed by atoms with Crippen LogP contribution < -0.4 is 0 Å². The largest absolute Gasteiger partial charge is 0.391 e. The molecule has 1 aromatic carbocycles. The highest BCUT2D eigenvalue weighted by Crippen LogP contribution is 2.46. The topological polar surface area (TPSA) is 33.1 Å². The number of halogens is 3. The summed E-state index contributed by atoms with van der Waals surface area (Å²) in [5.74, 6) is -1.30. The number of alkyl halides is 3. The molecule has 0 radical (unpaired) electrons. The summed E-state index contributed by atoms with van der Waals surface area (Å²) in [7, 11) is 0. The second kappa shape index (κ2) is 4.98. The first kappa shape index (κ1) is 14.3. The van der Waals surface area contributed by atoms with Crippen molar-refractivity contribution in [1.29, 1.82) is 0 Å². The zero-order chi connectivity index (χ0) is 15.1. The molecule has 1 aliphatic carbocycles. The van der Waals surface area contributed by atoms with E-state index in [4.69, 9.17) is 0 Å². The quantitative estimate of drug-likeness (QED) is 0.856. The highest BCUT2D eigenvalue weighted by Gasteiger charge is 2.46. The Hall–Kier alpha value is -1.62. The third kappa shape index (κ3) is 2.62. The van der Waals surface area contributed by atoms with E-state index in [1.54, 1.807) is 12.4 Å². The van der Waals surface area contributed by atoms with Crippen molar-refractivity contribution in [3.05, 3.63) is 42.2 Å². The number of hydrogen-bond donors (Lipinski definition) is 1. The van der Waals surface area contributed by atoms with Gasteiger partial charge in [0, 0.05) is 23.3 Å². The molecule has 0 aliphatic heterocycles. The molecule has 1 N–H and O–H groups in total. The van der Waals surface area contributed by atoms with Crippen LogP contribution in [0.3, 0.4) is 0 Å². The first-order valence-electron chi connectivity index (χ1n) is 7.02. The number of aliphatic hydroxyl groups is 1. The van der Waals surface area contributed by atoms with E-state index in [2.05, 4.69) is 4.98 Å². The minimum Gasteiger partial charge on any atom is -0.385 e. The predicted octanol–water partition coefficient (Wildman–Crippen LogP) is 4.17. The zero-order valence-electron chi connectivity index (χ0n) is 11.4. The SMILES string of the molecule is OC1(c2cncc3ccccc23)CCC(C(F)(F)F)CC1. The lowest BCUT2D eigenvalue weighted by atomic mass is 9.74. The summed E-state index contributed by atoms with van der Waals surface area (Å²) in [5.41, 5.74) is -0.573. The number of fused-ring (bicyclic) bond motifs is 1. The molecule has 0 spiro atoms. The fourth-order valence-corrected chi connectivity index (χ4v) is 3.18. The van der Waals surface area contributed by atoms with E-state index in [0.717, 1.165) is 10.8 Å². The lowest BCUT2D eigenvalue weighted by Gasteiger charge is -2.37. The Balaban J connectivity index is 1.93. The average molecular weight is 295 g/mol. The summed E-state index contributed by atoms with van der Waals surface area (Å²) in [6, 6.07) is 7.49. The van der Waals surface area contributed by atoms with Crippen molar-refractivity contribution in [3.8, 4) is 0 Å². The highest BCUT2D eigenvalue weighted by molar-refractivity contribution is 5.85. The monoisotopic (exact) mass is 295 g/mol. The van der Waals surface area contributed by atoms with E-state index in [1.807, 2.05) is 24.3 Å². The molecule has 112 valence electrons. The van der Waals surface area contributed by atoms with Gasteiger partial charge < -0.3 is 5.11 Å². The minimum absolute atomic E-state index is 0.0385. The maximum Gasteiger partial charge on any atom is 0.391 e. The van der Waals surface area contributed by atoms with Crippen LogP contribution in [0.5, 0.6) is 0 Å². The Morgan fingerprint density at radius 3 is 2.43 bits per heavy atom. The number of nitrogens with zero attached hydrogens (tertiary/aromatic N) is 1. The fourth-order valence-electron chi connectivity index (χ4n) is 3.18. The Labute approximate surface area is 120 Å². The molecule has 1 fully saturated rings. The molecule has 1 heterocycles. The number of hydrogen-bond acceptors (Lipinski definition) is 2. The third-order valence-corrected chi connectivity index (χ3v) is 4.45. The van der Waals surface area contributed by atoms with E-state index in [1.165, 1.54) is 0 Å². The summed E-state index contributed by atoms with van der Waals surface area (Å²) < 4.78 is 38.3. The van der Waals surface area contributed by atoms with Crippen molar-refractivity contribution < 1.29 is 18.3 Å². The van der Waals surface area contributed by atoms with Gasteiger partial charge in [-0.05, 0) is 31.1 Å². The van der Waals surface area contributed by atoms with Gasteiger partial charge in [-0.15, -0.1) is 0 Å². The van der Waals surface area contributed by atoms with Gasteiger partial charge >= 0.3 is 6.18 Å². The van der Waals surface area contributed by atoms with Crippen LogP contribution in [0.15, 0.2) is 36.7 Å². The van der Waals surface area contributed by atoms with Gasteiger partial charge in [0.25, 0.3) is 0 Å². The number of benzene rings is 1. The van der Waals surface area contributed by atoms with E-state index in [9.17, 15) is 18.3 Å². The number of rotatable bonds is 1. The van der Waals surface area contributed by atoms with Crippen LogP contribution in [0.25, 0.3) is 10.8 Å². The molecular formula is C16H16F3NO. The molecule has 0 unspecified atom stereocenters. The summed E-state index contributed by atoms with van der Waals surface area (Å²) in [6.45, 7) is 0. The molecule has 0 atom stereocenters. The zero-order valence-corrected chi connectivity index (χ0v) is 11.4. The Morgan fingerprint density at radius 2 is 1.76 bits per heavy atom. The smallest absolute Gasteiger partial charge is 0.385 e. The Kier molecular flexibility index (Phi) is 3.40. The van der Waals surface area contributed by atoms with E-state index >= 15 is 0 Å². The molecule has 1 saturated carbocycles. The van der Waals surface area contributed by atoms with Crippen molar-refractivity contribution in [2.45, 2.75) is 37.5 Å². The van der Waals surface area contributed by atoms with Crippen molar-refractivity contribution >= 4 is 10.8 Å². The summed E-state index contributed by atoms with van der Waals surface area (Å²) in [4.78, 5) is 4.12. The minimum atomic E-state index is -4.17. The summed E-state index contributed by atoms with van der Waals surface area (Å²) in [6.07, 6.45) is -0.732. The molecule has 0 saturated heterocycles. The normalized spacial score (nSPS) is 27.0. The molecule has 0 bridgehead atoms. The first-order chi connectivity index (χ1) is 9.90. The molecular weight excluding hydrogens is 279 g/mol. The van der Waals surface area contributed by atoms with Crippen molar-refractivity contribution in [2.24, 2.45) is 5.92 Å². The molecule has 0 amide bonds. The summed E-state index contributed by atoms with van der Waals surface area (Å²) >= 11 is 0. The second-order valence-corrected chi connectivity index (χ2v) is 5.76. The van der Waals surface area contributed by atoms with Gasteiger partial charge in [-0.2, -0.15) is 13.2 Å². The molecule has 2 aromatic rings. The van der Waals surface area contributed by atoms with Gasteiger partial charge in [0.15, 0.2) is 0 Å². The summed E-state index contributed by atoms with van der Waals surface area (Å²) in [5, 5.41) is 12.6. The molecule has 3 rings (SSSR count). The first-order valence-corrected chi connectivity index (χ1v) is 7.02. The lowest BCUT2D eigenvalue weighted by molar-refractivity contribution is -0.193. The fraction of sp³-hybridized carbons (Fsp3) is 0.438. The van der Waals surface area contributed by atoms with Gasteiger partial charge in [-0.3, -0.25) is 4.98 Å². The van der Waals surface area contributed by atoms with Crippen LogP contribution >= 0.6 is 0 Å². The van der Waals surface area contributed by atoms with Crippen LogP contribution in [-0.4, -0.2) is 16.3 Å². The average Bonchev–Trinajstić information content (AvgIpc) is 2.46. The van der Waals surface area contributed by atoms with E-state index < -0.39 is 17.7 Å². The predicted molar refractivity (Wildman–Crippen MR) is 73.7 cm³/mol. The molecule has 21 heavy (non-hydrogen) atoms. The third-order valence-electron chi connectivity index (χ3n) is 4.45. The van der Waals surface area contributed by atoms with Crippen molar-refractivity contribution in [1.82, 2.24) is 4.98 Å². The van der Waals surface area contributed by atoms with Gasteiger partial charge in [0.05, 0.1) is 11.5 Å². The van der Waals surface area contributed by atoms with E-state index in [0.29, 0.717) is 5.56 Å².